The van der Waals surface area contributed by atoms with Crippen molar-refractivity contribution >= 4 is 22.9 Å². The molecule has 0 radical (unpaired) electrons. The summed E-state index contributed by atoms with van der Waals surface area (Å²) in [5, 5.41) is 0.655. The Kier molecular flexibility index (Phi) is 2.94. The van der Waals surface area contributed by atoms with Crippen molar-refractivity contribution in [2.24, 2.45) is 0 Å². The van der Waals surface area contributed by atoms with Gasteiger partial charge in [0.25, 0.3) is 0 Å². The lowest BCUT2D eigenvalue weighted by atomic mass is 9.70. The average molecular weight is 341 g/mol. The quantitative estimate of drug-likeness (QED) is 0.541. The Hall–Kier alpha value is -2.40. The molecule has 1 aliphatic carbocycles. The minimum atomic E-state index is -0.264. The fraction of sp³-hybridized carbons (Fsp3) is 0.222. The zero-order chi connectivity index (χ0) is 16.3. The first kappa shape index (κ1) is 14.0. The van der Waals surface area contributed by atoms with Gasteiger partial charge in [0.15, 0.2) is 5.65 Å². The summed E-state index contributed by atoms with van der Waals surface area (Å²) in [6, 6.07) is 6.67. The van der Waals surface area contributed by atoms with Crippen LogP contribution < -0.4 is 0 Å². The van der Waals surface area contributed by atoms with Gasteiger partial charge in [-0.25, -0.2) is 14.4 Å². The van der Waals surface area contributed by atoms with Crippen LogP contribution in [0.3, 0.4) is 0 Å². The molecular formula is C18H14ClFN4. The molecule has 5 rings (SSSR count). The Bertz CT molecular complexity index is 1070. The van der Waals surface area contributed by atoms with Crippen LogP contribution in [0.5, 0.6) is 0 Å². The lowest BCUT2D eigenvalue weighted by Crippen LogP contribution is -2.22. The highest BCUT2D eigenvalue weighted by Crippen LogP contribution is 2.48. The van der Waals surface area contributed by atoms with E-state index in [4.69, 9.17) is 16.6 Å². The van der Waals surface area contributed by atoms with E-state index in [2.05, 4.69) is 4.98 Å². The van der Waals surface area contributed by atoms with Crippen molar-refractivity contribution in [2.45, 2.75) is 24.7 Å². The van der Waals surface area contributed by atoms with Crippen LogP contribution in [0.15, 0.2) is 49.1 Å². The average Bonchev–Trinajstić information content (AvgIpc) is 3.10. The second-order valence-corrected chi connectivity index (χ2v) is 6.73. The highest BCUT2D eigenvalue weighted by atomic mass is 35.5. The fourth-order valence-electron chi connectivity index (χ4n) is 3.54. The number of pyridine rings is 2. The van der Waals surface area contributed by atoms with E-state index in [-0.39, 0.29) is 5.82 Å². The summed E-state index contributed by atoms with van der Waals surface area (Å²) in [5.74, 6) is 0.382. The van der Waals surface area contributed by atoms with Crippen LogP contribution in [-0.4, -0.2) is 18.8 Å². The van der Waals surface area contributed by atoms with Crippen LogP contribution in [-0.2, 0) is 0 Å². The summed E-state index contributed by atoms with van der Waals surface area (Å²) in [6.45, 7) is 0. The maximum absolute atomic E-state index is 13.4. The van der Waals surface area contributed by atoms with Gasteiger partial charge in [-0.05, 0) is 31.0 Å². The van der Waals surface area contributed by atoms with E-state index >= 15 is 0 Å². The van der Waals surface area contributed by atoms with E-state index in [9.17, 15) is 4.39 Å². The van der Waals surface area contributed by atoms with Crippen LogP contribution >= 0.6 is 11.6 Å². The van der Waals surface area contributed by atoms with Crippen LogP contribution in [0.2, 0.25) is 5.02 Å². The van der Waals surface area contributed by atoms with E-state index in [0.29, 0.717) is 22.5 Å². The van der Waals surface area contributed by atoms with Crippen molar-refractivity contribution < 1.29 is 4.39 Å². The molecule has 4 aromatic rings. The largest absolute Gasteiger partial charge is 0.307 e. The molecule has 0 amide bonds. The maximum atomic E-state index is 13.4. The van der Waals surface area contributed by atoms with E-state index in [1.54, 1.807) is 6.20 Å². The smallest absolute Gasteiger partial charge is 0.155 e. The molecule has 24 heavy (non-hydrogen) atoms. The van der Waals surface area contributed by atoms with Gasteiger partial charge in [0, 0.05) is 42.7 Å². The molecular weight excluding hydrogens is 327 g/mol. The molecule has 0 saturated heterocycles. The second-order valence-electron chi connectivity index (χ2n) is 6.32. The van der Waals surface area contributed by atoms with E-state index in [0.717, 1.165) is 29.9 Å². The highest BCUT2D eigenvalue weighted by Gasteiger charge is 2.36. The number of fused-ring (bicyclic) bond motifs is 2. The monoisotopic (exact) mass is 340 g/mol. The Morgan fingerprint density at radius 2 is 1.75 bits per heavy atom. The van der Waals surface area contributed by atoms with Crippen LogP contribution in [0.1, 0.15) is 36.1 Å². The van der Waals surface area contributed by atoms with Crippen molar-refractivity contribution in [3.63, 3.8) is 0 Å². The first-order valence-corrected chi connectivity index (χ1v) is 8.34. The van der Waals surface area contributed by atoms with Crippen LogP contribution in [0.25, 0.3) is 11.3 Å². The molecule has 2 atom stereocenters. The highest BCUT2D eigenvalue weighted by molar-refractivity contribution is 6.33. The predicted octanol–water partition coefficient (Wildman–Crippen LogP) is 4.44. The Balaban J connectivity index is 1.53. The number of aromatic nitrogens is 4. The van der Waals surface area contributed by atoms with Crippen molar-refractivity contribution in [2.75, 3.05) is 0 Å². The van der Waals surface area contributed by atoms with Gasteiger partial charge in [-0.3, -0.25) is 0 Å². The van der Waals surface area contributed by atoms with Gasteiger partial charge in [-0.15, -0.1) is 0 Å². The minimum absolute atomic E-state index is 0.264. The topological polar surface area (TPSA) is 34.6 Å². The molecule has 1 fully saturated rings. The van der Waals surface area contributed by atoms with Gasteiger partial charge in [0.05, 0.1) is 16.4 Å². The van der Waals surface area contributed by atoms with Crippen molar-refractivity contribution in [1.82, 2.24) is 18.8 Å². The van der Waals surface area contributed by atoms with Gasteiger partial charge < -0.3 is 8.80 Å². The standard InChI is InChI=1S/C18H14ClFN4/c19-14-2-1-6-24-10-16(22-18(14)24)13-4-3-12(13)15-9-23-7-5-11(20)8-17(23)21-15/h1-2,5-10,12-13H,3-4H2. The molecule has 4 nitrogen and oxygen atoms in total. The van der Waals surface area contributed by atoms with Gasteiger partial charge in [-0.2, -0.15) is 0 Å². The predicted molar refractivity (Wildman–Crippen MR) is 90.1 cm³/mol. The summed E-state index contributed by atoms with van der Waals surface area (Å²) in [6.07, 6.45) is 9.85. The van der Waals surface area contributed by atoms with Gasteiger partial charge in [0.2, 0.25) is 0 Å². The number of nitrogens with zero attached hydrogens (tertiary/aromatic N) is 4. The molecule has 0 aromatic carbocycles. The zero-order valence-electron chi connectivity index (χ0n) is 12.7. The summed E-state index contributed by atoms with van der Waals surface area (Å²) in [5.41, 5.74) is 3.48. The SMILES string of the molecule is Fc1ccn2cc(C3CCC3c3cn4cccc(Cl)c4n3)nc2c1. The number of hydrogen-bond donors (Lipinski definition) is 0. The number of imidazole rings is 2. The van der Waals surface area contributed by atoms with E-state index in [1.165, 1.54) is 12.1 Å². The Labute approximate surface area is 142 Å². The molecule has 6 heteroatoms. The van der Waals surface area contributed by atoms with E-state index in [1.807, 2.05) is 39.5 Å². The number of hydrogen-bond acceptors (Lipinski definition) is 2. The second kappa shape index (κ2) is 5.05. The molecule has 0 bridgehead atoms. The van der Waals surface area contributed by atoms with Gasteiger partial charge in [-0.1, -0.05) is 11.6 Å². The third-order valence-electron chi connectivity index (χ3n) is 4.93. The molecule has 2 unspecified atom stereocenters. The molecule has 0 spiro atoms. The van der Waals surface area contributed by atoms with Gasteiger partial charge >= 0.3 is 0 Å². The minimum Gasteiger partial charge on any atom is -0.307 e. The summed E-state index contributed by atoms with van der Waals surface area (Å²) < 4.78 is 17.2. The first-order valence-electron chi connectivity index (χ1n) is 7.96. The van der Waals surface area contributed by atoms with Crippen LogP contribution in [0.4, 0.5) is 4.39 Å². The lowest BCUT2D eigenvalue weighted by molar-refractivity contribution is 0.335. The summed E-state index contributed by atoms with van der Waals surface area (Å²) in [4.78, 5) is 9.32. The third kappa shape index (κ3) is 2.04. The number of halogens is 2. The molecule has 1 saturated carbocycles. The molecule has 0 N–H and O–H groups in total. The summed E-state index contributed by atoms with van der Waals surface area (Å²) in [7, 11) is 0. The molecule has 1 aliphatic rings. The molecule has 4 aromatic heterocycles. The normalized spacial score (nSPS) is 20.6. The van der Waals surface area contributed by atoms with Gasteiger partial charge in [0.1, 0.15) is 11.5 Å². The van der Waals surface area contributed by atoms with Crippen molar-refractivity contribution in [3.8, 4) is 0 Å². The van der Waals surface area contributed by atoms with Crippen molar-refractivity contribution in [1.29, 1.82) is 0 Å². The zero-order valence-corrected chi connectivity index (χ0v) is 13.5. The maximum Gasteiger partial charge on any atom is 0.155 e. The fourth-order valence-corrected chi connectivity index (χ4v) is 3.75. The third-order valence-corrected chi connectivity index (χ3v) is 5.22. The Morgan fingerprint density at radius 3 is 2.50 bits per heavy atom. The summed E-state index contributed by atoms with van der Waals surface area (Å²) >= 11 is 6.22. The molecule has 0 aliphatic heterocycles. The Morgan fingerprint density at radius 1 is 1.00 bits per heavy atom. The van der Waals surface area contributed by atoms with Crippen LogP contribution in [0, 0.1) is 5.82 Å². The van der Waals surface area contributed by atoms with E-state index < -0.39 is 0 Å². The molecule has 120 valence electrons. The number of rotatable bonds is 2. The van der Waals surface area contributed by atoms with Crippen molar-refractivity contribution in [3.05, 3.63) is 71.3 Å². The lowest BCUT2D eigenvalue weighted by Gasteiger charge is -2.34. The first-order chi connectivity index (χ1) is 11.7. The molecule has 4 heterocycles.